The lowest BCUT2D eigenvalue weighted by Crippen LogP contribution is -2.15. The molecule has 0 radical (unpaired) electrons. The molecule has 0 aliphatic heterocycles. The van der Waals surface area contributed by atoms with Gasteiger partial charge in [-0.05, 0) is 24.3 Å². The van der Waals surface area contributed by atoms with Gasteiger partial charge in [-0.3, -0.25) is 14.9 Å². The van der Waals surface area contributed by atoms with Gasteiger partial charge in [0.1, 0.15) is 11.6 Å². The lowest BCUT2D eigenvalue weighted by atomic mass is 10.2. The Bertz CT molecular complexity index is 737. The van der Waals surface area contributed by atoms with Gasteiger partial charge in [0.25, 0.3) is 11.6 Å². The SMILES string of the molecule is O=C(Nc1cc([N+](=O)[O-])ccc1F)c1ccc(Br)cc1F. The van der Waals surface area contributed by atoms with Crippen molar-refractivity contribution in [3.05, 3.63) is 68.2 Å². The maximum absolute atomic E-state index is 13.6. The second-order valence-electron chi connectivity index (χ2n) is 4.00. The number of rotatable bonds is 3. The predicted molar refractivity (Wildman–Crippen MR) is 75.1 cm³/mol. The molecular formula is C13H7BrF2N2O3. The van der Waals surface area contributed by atoms with Crippen LogP contribution in [0, 0.1) is 21.7 Å². The number of amides is 1. The average Bonchev–Trinajstić information content (AvgIpc) is 2.40. The molecular weight excluding hydrogens is 350 g/mol. The van der Waals surface area contributed by atoms with Gasteiger partial charge in [0.15, 0.2) is 0 Å². The molecule has 108 valence electrons. The van der Waals surface area contributed by atoms with Crippen LogP contribution < -0.4 is 5.32 Å². The third-order valence-electron chi connectivity index (χ3n) is 2.58. The van der Waals surface area contributed by atoms with Crippen LogP contribution in [0.2, 0.25) is 0 Å². The number of nitro benzene ring substituents is 1. The van der Waals surface area contributed by atoms with Gasteiger partial charge in [0.05, 0.1) is 16.2 Å². The van der Waals surface area contributed by atoms with Crippen LogP contribution in [0.5, 0.6) is 0 Å². The summed E-state index contributed by atoms with van der Waals surface area (Å²) in [6.45, 7) is 0. The molecule has 2 aromatic rings. The van der Waals surface area contributed by atoms with Gasteiger partial charge in [0, 0.05) is 16.6 Å². The topological polar surface area (TPSA) is 72.2 Å². The molecule has 0 saturated carbocycles. The van der Waals surface area contributed by atoms with Crippen LogP contribution in [0.4, 0.5) is 20.2 Å². The van der Waals surface area contributed by atoms with Crippen LogP contribution in [0.1, 0.15) is 10.4 Å². The van der Waals surface area contributed by atoms with Crippen molar-refractivity contribution in [3.63, 3.8) is 0 Å². The predicted octanol–water partition coefficient (Wildman–Crippen LogP) is 3.89. The number of non-ortho nitro benzene ring substituents is 1. The fraction of sp³-hybridized carbons (Fsp3) is 0. The zero-order chi connectivity index (χ0) is 15.6. The van der Waals surface area contributed by atoms with Crippen molar-refractivity contribution in [3.8, 4) is 0 Å². The van der Waals surface area contributed by atoms with E-state index in [1.807, 2.05) is 0 Å². The number of benzene rings is 2. The zero-order valence-electron chi connectivity index (χ0n) is 10.3. The van der Waals surface area contributed by atoms with Gasteiger partial charge in [-0.25, -0.2) is 8.78 Å². The molecule has 0 spiro atoms. The third-order valence-corrected chi connectivity index (χ3v) is 3.08. The molecule has 21 heavy (non-hydrogen) atoms. The monoisotopic (exact) mass is 356 g/mol. The summed E-state index contributed by atoms with van der Waals surface area (Å²) in [5.74, 6) is -2.56. The first-order valence-electron chi connectivity index (χ1n) is 5.59. The molecule has 2 rings (SSSR count). The van der Waals surface area contributed by atoms with Crippen molar-refractivity contribution >= 4 is 33.2 Å². The van der Waals surface area contributed by atoms with E-state index in [4.69, 9.17) is 0 Å². The molecule has 0 saturated heterocycles. The number of carbonyl (C=O) groups is 1. The maximum Gasteiger partial charge on any atom is 0.271 e. The first-order chi connectivity index (χ1) is 9.88. The van der Waals surface area contributed by atoms with Crippen LogP contribution in [0.3, 0.4) is 0 Å². The van der Waals surface area contributed by atoms with Crippen molar-refractivity contribution < 1.29 is 18.5 Å². The van der Waals surface area contributed by atoms with Crippen LogP contribution in [0.15, 0.2) is 40.9 Å². The Morgan fingerprint density at radius 2 is 1.86 bits per heavy atom. The van der Waals surface area contributed by atoms with E-state index >= 15 is 0 Å². The molecule has 0 aliphatic carbocycles. The van der Waals surface area contributed by atoms with Crippen molar-refractivity contribution in [1.82, 2.24) is 0 Å². The summed E-state index contributed by atoms with van der Waals surface area (Å²) in [6.07, 6.45) is 0. The highest BCUT2D eigenvalue weighted by molar-refractivity contribution is 9.10. The van der Waals surface area contributed by atoms with Crippen molar-refractivity contribution in [1.29, 1.82) is 0 Å². The zero-order valence-corrected chi connectivity index (χ0v) is 11.9. The maximum atomic E-state index is 13.6. The number of nitrogens with one attached hydrogen (secondary N) is 1. The van der Waals surface area contributed by atoms with Crippen LogP contribution >= 0.6 is 15.9 Å². The van der Waals surface area contributed by atoms with Crippen LogP contribution in [0.25, 0.3) is 0 Å². The number of nitrogens with zero attached hydrogens (tertiary/aromatic N) is 1. The largest absolute Gasteiger partial charge is 0.319 e. The molecule has 5 nitrogen and oxygen atoms in total. The van der Waals surface area contributed by atoms with Crippen molar-refractivity contribution in [2.45, 2.75) is 0 Å². The third kappa shape index (κ3) is 3.40. The Hall–Kier alpha value is -2.35. The van der Waals surface area contributed by atoms with E-state index in [0.29, 0.717) is 4.47 Å². The fourth-order valence-electron chi connectivity index (χ4n) is 1.59. The molecule has 1 N–H and O–H groups in total. The van der Waals surface area contributed by atoms with E-state index in [1.165, 1.54) is 12.1 Å². The average molecular weight is 357 g/mol. The van der Waals surface area contributed by atoms with Gasteiger partial charge in [-0.2, -0.15) is 0 Å². The Kier molecular flexibility index (Phi) is 4.27. The van der Waals surface area contributed by atoms with Gasteiger partial charge >= 0.3 is 0 Å². The summed E-state index contributed by atoms with van der Waals surface area (Å²) in [4.78, 5) is 21.8. The van der Waals surface area contributed by atoms with Gasteiger partial charge in [-0.15, -0.1) is 0 Å². The van der Waals surface area contributed by atoms with Crippen molar-refractivity contribution in [2.75, 3.05) is 5.32 Å². The number of nitro groups is 1. The standard InChI is InChI=1S/C13H7BrF2N2O3/c14-7-1-3-9(11(16)5-7)13(19)17-12-6-8(18(20)21)2-4-10(12)15/h1-6H,(H,17,19). The van der Waals surface area contributed by atoms with Gasteiger partial charge in [0.2, 0.25) is 0 Å². The number of halogens is 3. The van der Waals surface area contributed by atoms with E-state index in [1.54, 1.807) is 0 Å². The molecule has 8 heteroatoms. The minimum absolute atomic E-state index is 0.302. The van der Waals surface area contributed by atoms with Crippen molar-refractivity contribution in [2.24, 2.45) is 0 Å². The molecule has 0 heterocycles. The number of hydrogen-bond donors (Lipinski definition) is 1. The number of anilines is 1. The summed E-state index contributed by atoms with van der Waals surface area (Å²) in [5, 5.41) is 12.7. The quantitative estimate of drug-likeness (QED) is 0.669. The van der Waals surface area contributed by atoms with Gasteiger partial charge in [-0.1, -0.05) is 15.9 Å². The Morgan fingerprint density at radius 3 is 2.48 bits per heavy atom. The highest BCUT2D eigenvalue weighted by Gasteiger charge is 2.16. The van der Waals surface area contributed by atoms with E-state index in [-0.39, 0.29) is 11.3 Å². The highest BCUT2D eigenvalue weighted by atomic mass is 79.9. The number of hydrogen-bond acceptors (Lipinski definition) is 3. The van der Waals surface area contributed by atoms with E-state index in [0.717, 1.165) is 24.3 Å². The number of carbonyl (C=O) groups excluding carboxylic acids is 1. The second kappa shape index (κ2) is 5.96. The lowest BCUT2D eigenvalue weighted by molar-refractivity contribution is -0.384. The van der Waals surface area contributed by atoms with E-state index in [2.05, 4.69) is 21.2 Å². The van der Waals surface area contributed by atoms with E-state index in [9.17, 15) is 23.7 Å². The highest BCUT2D eigenvalue weighted by Crippen LogP contribution is 2.23. The Labute approximate surface area is 125 Å². The normalized spacial score (nSPS) is 10.2. The van der Waals surface area contributed by atoms with Crippen LogP contribution in [-0.2, 0) is 0 Å². The summed E-state index contributed by atoms with van der Waals surface area (Å²) < 4.78 is 27.6. The summed E-state index contributed by atoms with van der Waals surface area (Å²) in [7, 11) is 0. The molecule has 0 unspecified atom stereocenters. The molecule has 2 aromatic carbocycles. The fourth-order valence-corrected chi connectivity index (χ4v) is 1.92. The van der Waals surface area contributed by atoms with E-state index < -0.39 is 28.2 Å². The summed E-state index contributed by atoms with van der Waals surface area (Å²) in [6, 6.07) is 6.42. The smallest absolute Gasteiger partial charge is 0.271 e. The molecule has 0 aromatic heterocycles. The summed E-state index contributed by atoms with van der Waals surface area (Å²) >= 11 is 3.04. The first-order valence-corrected chi connectivity index (χ1v) is 6.38. The summed E-state index contributed by atoms with van der Waals surface area (Å²) in [5.41, 5.74) is -1.08. The minimum atomic E-state index is -0.903. The molecule has 1 amide bonds. The Balaban J connectivity index is 2.31. The lowest BCUT2D eigenvalue weighted by Gasteiger charge is -2.07. The van der Waals surface area contributed by atoms with Gasteiger partial charge < -0.3 is 5.32 Å². The molecule has 0 bridgehead atoms. The van der Waals surface area contributed by atoms with Crippen LogP contribution in [-0.4, -0.2) is 10.8 Å². The molecule has 0 atom stereocenters. The Morgan fingerprint density at radius 1 is 1.14 bits per heavy atom. The molecule has 0 fully saturated rings. The molecule has 0 aliphatic rings. The minimum Gasteiger partial charge on any atom is -0.319 e. The second-order valence-corrected chi connectivity index (χ2v) is 4.92. The first kappa shape index (κ1) is 15.0.